The Hall–Kier alpha value is -5.02. The van der Waals surface area contributed by atoms with Gasteiger partial charge in [-0.25, -0.2) is 9.86 Å². The van der Waals surface area contributed by atoms with Crippen LogP contribution >= 0.6 is 0 Å². The minimum Gasteiger partial charge on any atom is -0.508 e. The van der Waals surface area contributed by atoms with E-state index in [2.05, 4.69) is 17.6 Å². The quantitative estimate of drug-likeness (QED) is 0.0790. The second kappa shape index (κ2) is 29.2. The van der Waals surface area contributed by atoms with Crippen LogP contribution in [0.15, 0.2) is 24.3 Å². The lowest BCUT2D eigenvalue weighted by Crippen LogP contribution is -2.60. The van der Waals surface area contributed by atoms with Crippen LogP contribution in [0.1, 0.15) is 131 Å². The molecule has 7 amide bonds. The summed E-state index contributed by atoms with van der Waals surface area (Å²) in [5.41, 5.74) is 0.739. The molecule has 0 saturated carbocycles. The molecule has 20 nitrogen and oxygen atoms in total. The lowest BCUT2D eigenvalue weighted by atomic mass is 9.87. The van der Waals surface area contributed by atoms with Gasteiger partial charge < -0.3 is 29.6 Å². The van der Waals surface area contributed by atoms with Crippen LogP contribution in [0.5, 0.6) is 5.75 Å². The van der Waals surface area contributed by atoms with Gasteiger partial charge in [0.15, 0.2) is 0 Å². The average Bonchev–Trinajstić information content (AvgIpc) is 3.96. The van der Waals surface area contributed by atoms with Crippen molar-refractivity contribution in [3.05, 3.63) is 29.8 Å². The highest BCUT2D eigenvalue weighted by Gasteiger charge is 2.44. The van der Waals surface area contributed by atoms with E-state index < -0.39 is 83.8 Å². The molecule has 0 aromatic heterocycles. The van der Waals surface area contributed by atoms with Gasteiger partial charge in [-0.3, -0.25) is 53.5 Å². The number of imide groups is 2. The zero-order chi connectivity index (χ0) is 54.1. The Morgan fingerprint density at radius 2 is 1.47 bits per heavy atom. The number of ether oxygens (including phenoxy) is 2. The number of benzene rings is 1. The molecule has 0 aliphatic carbocycles. The number of methoxy groups -OCH3 is 2. The van der Waals surface area contributed by atoms with E-state index in [1.54, 1.807) is 31.1 Å². The largest absolute Gasteiger partial charge is 0.508 e. The van der Waals surface area contributed by atoms with E-state index in [-0.39, 0.29) is 67.4 Å². The van der Waals surface area contributed by atoms with Crippen molar-refractivity contribution in [2.24, 2.45) is 23.7 Å². The summed E-state index contributed by atoms with van der Waals surface area (Å²) in [5, 5.41) is 17.4. The normalized spacial score (nSPS) is 19.7. The van der Waals surface area contributed by atoms with Crippen molar-refractivity contribution in [3.63, 3.8) is 0 Å². The molecular weight excluding hydrogens is 943 g/mol. The van der Waals surface area contributed by atoms with Crippen molar-refractivity contribution in [2.45, 2.75) is 174 Å². The van der Waals surface area contributed by atoms with Gasteiger partial charge in [0.05, 0.1) is 49.3 Å². The Kier molecular flexibility index (Phi) is 24.2. The van der Waals surface area contributed by atoms with Crippen molar-refractivity contribution in [1.82, 2.24) is 35.5 Å². The average molecular weight is 1030 g/mol. The van der Waals surface area contributed by atoms with Crippen LogP contribution in [-0.2, 0) is 63.9 Å². The summed E-state index contributed by atoms with van der Waals surface area (Å²) in [5.74, 6) is -4.73. The Bertz CT molecular complexity index is 2000. The summed E-state index contributed by atoms with van der Waals surface area (Å²) < 4.78 is 12.2. The van der Waals surface area contributed by atoms with E-state index in [9.17, 15) is 43.5 Å². The first-order chi connectivity index (χ1) is 34.6. The molecular formula is C53H85N7O13. The van der Waals surface area contributed by atoms with Gasteiger partial charge in [0.25, 0.3) is 17.7 Å². The number of aromatic hydroxyl groups is 1. The molecule has 0 unspecified atom stereocenters. The van der Waals surface area contributed by atoms with Crippen molar-refractivity contribution in [2.75, 3.05) is 54.6 Å². The van der Waals surface area contributed by atoms with Crippen LogP contribution < -0.4 is 10.6 Å². The maximum atomic E-state index is 14.6. The number of rotatable bonds is 28. The molecule has 0 radical (unpaired) electrons. The zero-order valence-electron chi connectivity index (χ0n) is 45.3. The number of likely N-dealkylation sites (N-methyl/N-ethyl adjacent to an activating group) is 2. The van der Waals surface area contributed by atoms with Crippen LogP contribution in [0.3, 0.4) is 0 Å². The number of phenolic OH excluding ortho intramolecular Hbond substituents is 1. The molecule has 3 aliphatic heterocycles. The van der Waals surface area contributed by atoms with Crippen molar-refractivity contribution in [1.29, 1.82) is 0 Å². The van der Waals surface area contributed by atoms with Gasteiger partial charge in [-0.15, -0.1) is 5.06 Å². The van der Waals surface area contributed by atoms with Gasteiger partial charge in [-0.05, 0) is 94.6 Å². The first-order valence-corrected chi connectivity index (χ1v) is 26.4. The Labute approximate surface area is 432 Å². The minimum atomic E-state index is -0.958. The van der Waals surface area contributed by atoms with Crippen LogP contribution in [-0.4, -0.2) is 174 Å². The van der Waals surface area contributed by atoms with Gasteiger partial charge in [-0.2, -0.15) is 0 Å². The number of hydrogen-bond donors (Lipinski definition) is 3. The fraction of sp³-hybridized carbons (Fsp3) is 0.736. The Balaban J connectivity index is 1.41. The van der Waals surface area contributed by atoms with E-state index in [0.717, 1.165) is 18.4 Å². The smallest absolute Gasteiger partial charge is 0.333 e. The van der Waals surface area contributed by atoms with Crippen LogP contribution in [0.25, 0.3) is 0 Å². The molecule has 3 fully saturated rings. The fourth-order valence-corrected chi connectivity index (χ4v) is 10.7. The summed E-state index contributed by atoms with van der Waals surface area (Å²) in [6.07, 6.45) is 4.15. The topological polar surface area (TPSA) is 234 Å². The number of nitrogens with zero attached hydrogens (tertiary/aromatic N) is 5. The molecule has 20 heteroatoms. The predicted octanol–water partition coefficient (Wildman–Crippen LogP) is 4.16. The molecule has 73 heavy (non-hydrogen) atoms. The summed E-state index contributed by atoms with van der Waals surface area (Å²) in [6, 6.07) is 3.20. The molecule has 3 aliphatic rings. The van der Waals surface area contributed by atoms with E-state index in [4.69, 9.17) is 19.1 Å². The molecule has 410 valence electrons. The number of nitrogens with one attached hydrogen (secondary N) is 2. The number of likely N-dealkylation sites (tertiary alicyclic amines) is 1. The number of hydrogen-bond acceptors (Lipinski definition) is 15. The number of amides is 7. The zero-order valence-corrected chi connectivity index (χ0v) is 45.3. The van der Waals surface area contributed by atoms with E-state index in [0.29, 0.717) is 69.8 Å². The maximum Gasteiger partial charge on any atom is 0.333 e. The predicted molar refractivity (Wildman–Crippen MR) is 270 cm³/mol. The van der Waals surface area contributed by atoms with E-state index in [1.165, 1.54) is 24.3 Å². The van der Waals surface area contributed by atoms with Gasteiger partial charge in [-0.1, -0.05) is 73.4 Å². The van der Waals surface area contributed by atoms with Crippen LogP contribution in [0.2, 0.25) is 0 Å². The summed E-state index contributed by atoms with van der Waals surface area (Å²) in [7, 11) is 6.73. The third-order valence-electron chi connectivity index (χ3n) is 14.7. The van der Waals surface area contributed by atoms with E-state index in [1.807, 2.05) is 58.5 Å². The molecule has 3 saturated heterocycles. The molecule has 0 bridgehead atoms. The standard InChI is InChI=1S/C53H85N7O13/c1-12-35(6)48(57(9)47(34(4)5)52(68)55-51(67)46(33(2)3)56(8)27-15-13-14-20-45(65)73-60-42(62)25-26-43(60)63)41(70-10)32-44(64)58-28-18-19-40(58)49(71-11)36(7)50(66)54-39(31-37-21-23-38(61)24-22-37)53(69)59-29-16-17-30-72-59/h21-24,33-36,39-41,46-49,61H,12-20,25-32H2,1-11H3,(H,54,66)(H,55,67,68)/t35-,36+,39-,40-,41+,46-,47-,48-,49+/m0/s1. The summed E-state index contributed by atoms with van der Waals surface area (Å²) >= 11 is 0. The lowest BCUT2D eigenvalue weighted by molar-refractivity contribution is -0.199. The highest BCUT2D eigenvalue weighted by atomic mass is 16.7. The van der Waals surface area contributed by atoms with Crippen molar-refractivity contribution >= 4 is 47.3 Å². The van der Waals surface area contributed by atoms with Crippen LogP contribution in [0.4, 0.5) is 0 Å². The Morgan fingerprint density at radius 1 is 0.822 bits per heavy atom. The Morgan fingerprint density at radius 3 is 2.04 bits per heavy atom. The highest BCUT2D eigenvalue weighted by Crippen LogP contribution is 2.31. The summed E-state index contributed by atoms with van der Waals surface area (Å²) in [6.45, 7) is 15.2. The first-order valence-electron chi connectivity index (χ1n) is 26.4. The van der Waals surface area contributed by atoms with Crippen molar-refractivity contribution < 1.29 is 62.6 Å². The van der Waals surface area contributed by atoms with Crippen LogP contribution in [0, 0.1) is 23.7 Å². The fourth-order valence-electron chi connectivity index (χ4n) is 10.7. The molecule has 1 aromatic carbocycles. The molecule has 4 rings (SSSR count). The highest BCUT2D eigenvalue weighted by molar-refractivity contribution is 6.02. The SMILES string of the molecule is CC[C@H](C)[C@@H]([C@@H](CC(=O)N1CCC[C@H]1[C@H](OC)[C@@H](C)C(=O)N[C@@H](Cc1ccc(O)cc1)C(=O)N1CCCCO1)OC)N(C)[C@H](C(=O)NC(=O)[C@H](C(C)C)N(C)CCCCCC(=O)ON1C(=O)CCC1=O)C(C)C. The number of unbranched alkanes of at least 4 members (excludes halogenated alkanes) is 2. The monoisotopic (exact) mass is 1030 g/mol. The van der Waals surface area contributed by atoms with Crippen molar-refractivity contribution in [3.8, 4) is 5.75 Å². The molecule has 3 N–H and O–H groups in total. The number of carbonyl (C=O) groups is 8. The lowest BCUT2D eigenvalue weighted by Gasteiger charge is -2.43. The minimum absolute atomic E-state index is 0.0209. The number of phenols is 1. The van der Waals surface area contributed by atoms with Gasteiger partial charge in [0, 0.05) is 59.0 Å². The third kappa shape index (κ3) is 16.7. The number of carbonyl (C=O) groups excluding carboxylic acids is 8. The van der Waals surface area contributed by atoms with Gasteiger partial charge in [0.1, 0.15) is 11.8 Å². The maximum absolute atomic E-state index is 14.6. The summed E-state index contributed by atoms with van der Waals surface area (Å²) in [4.78, 5) is 123. The van der Waals surface area contributed by atoms with Gasteiger partial charge >= 0.3 is 5.97 Å². The molecule has 9 atom stereocenters. The second-order valence-corrected chi connectivity index (χ2v) is 20.8. The second-order valence-electron chi connectivity index (χ2n) is 20.8. The molecule has 3 heterocycles. The van der Waals surface area contributed by atoms with Gasteiger partial charge in [0.2, 0.25) is 23.6 Å². The third-order valence-corrected chi connectivity index (χ3v) is 14.7. The van der Waals surface area contributed by atoms with E-state index >= 15 is 0 Å². The molecule has 0 spiro atoms. The first kappa shape index (κ1) is 60.5. The number of hydroxylamine groups is 4. The molecule has 1 aromatic rings.